The topological polar surface area (TPSA) is 78.9 Å². The van der Waals surface area contributed by atoms with E-state index >= 15 is 0 Å². The largest absolute Gasteiger partial charge is 0.462 e. The number of hydrogen-bond donors (Lipinski definition) is 0. The Balaban J connectivity index is 4.24. The van der Waals surface area contributed by atoms with E-state index in [2.05, 4.69) is 93.7 Å². The minimum Gasteiger partial charge on any atom is -0.462 e. The van der Waals surface area contributed by atoms with E-state index in [1.807, 2.05) is 0 Å². The maximum absolute atomic E-state index is 12.8. The highest BCUT2D eigenvalue weighted by Gasteiger charge is 2.19. The van der Waals surface area contributed by atoms with Gasteiger partial charge in [0.05, 0.1) is 0 Å². The lowest BCUT2D eigenvalue weighted by molar-refractivity contribution is -0.167. The number of unbranched alkanes of at least 4 members (excludes halogenated alkanes) is 26. The predicted octanol–water partition coefficient (Wildman–Crippen LogP) is 18.2. The molecule has 65 heavy (non-hydrogen) atoms. The quantitative estimate of drug-likeness (QED) is 0.0262. The summed E-state index contributed by atoms with van der Waals surface area (Å²) < 4.78 is 16.8. The molecule has 0 amide bonds. The average Bonchev–Trinajstić information content (AvgIpc) is 3.30. The molecule has 0 heterocycles. The molecule has 0 N–H and O–H groups in total. The third-order valence-electron chi connectivity index (χ3n) is 11.7. The van der Waals surface area contributed by atoms with E-state index in [0.717, 1.165) is 96.3 Å². The molecule has 6 nitrogen and oxygen atoms in total. The molecule has 0 aliphatic carbocycles. The van der Waals surface area contributed by atoms with Crippen molar-refractivity contribution in [1.29, 1.82) is 0 Å². The summed E-state index contributed by atoms with van der Waals surface area (Å²) in [6, 6.07) is 0. The molecular formula is C59H102O6. The van der Waals surface area contributed by atoms with Gasteiger partial charge >= 0.3 is 17.9 Å². The lowest BCUT2D eigenvalue weighted by Crippen LogP contribution is -2.30. The summed E-state index contributed by atoms with van der Waals surface area (Å²) in [6.45, 7) is 6.48. The predicted molar refractivity (Wildman–Crippen MR) is 279 cm³/mol. The zero-order valence-electron chi connectivity index (χ0n) is 42.7. The van der Waals surface area contributed by atoms with Crippen molar-refractivity contribution in [2.24, 2.45) is 0 Å². The molecular weight excluding hydrogens is 805 g/mol. The first-order chi connectivity index (χ1) is 32.0. The van der Waals surface area contributed by atoms with Gasteiger partial charge in [-0.2, -0.15) is 0 Å². The molecule has 0 saturated heterocycles. The Bertz CT molecular complexity index is 1230. The molecule has 0 aliphatic heterocycles. The molecule has 374 valence electrons. The molecule has 0 bridgehead atoms. The van der Waals surface area contributed by atoms with E-state index in [-0.39, 0.29) is 31.1 Å². The van der Waals surface area contributed by atoms with E-state index in [4.69, 9.17) is 14.2 Å². The second-order valence-corrected chi connectivity index (χ2v) is 18.1. The summed E-state index contributed by atoms with van der Waals surface area (Å²) in [5, 5.41) is 0. The number of rotatable bonds is 49. The first-order valence-electron chi connectivity index (χ1n) is 27.4. The monoisotopic (exact) mass is 907 g/mol. The number of hydrogen-bond acceptors (Lipinski definition) is 6. The van der Waals surface area contributed by atoms with E-state index in [0.29, 0.717) is 19.3 Å². The lowest BCUT2D eigenvalue weighted by atomic mass is 10.1. The van der Waals surface area contributed by atoms with Crippen molar-refractivity contribution < 1.29 is 28.6 Å². The Hall–Kier alpha value is -3.15. The van der Waals surface area contributed by atoms with E-state index in [1.54, 1.807) is 0 Å². The van der Waals surface area contributed by atoms with Crippen LogP contribution in [0.25, 0.3) is 0 Å². The average molecular weight is 907 g/mol. The van der Waals surface area contributed by atoms with Crippen molar-refractivity contribution in [2.75, 3.05) is 13.2 Å². The van der Waals surface area contributed by atoms with Crippen molar-refractivity contribution >= 4 is 17.9 Å². The van der Waals surface area contributed by atoms with Crippen LogP contribution in [0.2, 0.25) is 0 Å². The Labute approximate surface area is 402 Å². The fraction of sp³-hybridized carbons (Fsp3) is 0.746. The van der Waals surface area contributed by atoms with Gasteiger partial charge in [-0.3, -0.25) is 14.4 Å². The van der Waals surface area contributed by atoms with Gasteiger partial charge in [-0.25, -0.2) is 0 Å². The van der Waals surface area contributed by atoms with Crippen LogP contribution < -0.4 is 0 Å². The summed E-state index contributed by atoms with van der Waals surface area (Å²) in [5.41, 5.74) is 0. The van der Waals surface area contributed by atoms with Crippen LogP contribution >= 0.6 is 0 Å². The lowest BCUT2D eigenvalue weighted by Gasteiger charge is -2.18. The van der Waals surface area contributed by atoms with Gasteiger partial charge in [0.25, 0.3) is 0 Å². The molecule has 0 spiro atoms. The molecule has 0 radical (unpaired) electrons. The summed E-state index contributed by atoms with van der Waals surface area (Å²) in [4.78, 5) is 37.9. The van der Waals surface area contributed by atoms with Crippen LogP contribution in [0.15, 0.2) is 72.9 Å². The molecule has 1 unspecified atom stereocenters. The minimum absolute atomic E-state index is 0.0797. The van der Waals surface area contributed by atoms with E-state index in [9.17, 15) is 14.4 Å². The third-order valence-corrected chi connectivity index (χ3v) is 11.7. The number of carbonyl (C=O) groups excluding carboxylic acids is 3. The van der Waals surface area contributed by atoms with Crippen molar-refractivity contribution in [3.05, 3.63) is 72.9 Å². The van der Waals surface area contributed by atoms with Crippen LogP contribution in [0.3, 0.4) is 0 Å². The van der Waals surface area contributed by atoms with Gasteiger partial charge in [0, 0.05) is 19.3 Å². The molecule has 0 fully saturated rings. The Kier molecular flexibility index (Phi) is 50.9. The third kappa shape index (κ3) is 51.7. The van der Waals surface area contributed by atoms with Crippen molar-refractivity contribution in [3.8, 4) is 0 Å². The van der Waals surface area contributed by atoms with E-state index in [1.165, 1.54) is 128 Å². The second-order valence-electron chi connectivity index (χ2n) is 18.1. The normalized spacial score (nSPS) is 12.6. The summed E-state index contributed by atoms with van der Waals surface area (Å²) in [6.07, 6.45) is 67.6. The fourth-order valence-corrected chi connectivity index (χ4v) is 7.58. The Morgan fingerprint density at radius 2 is 0.600 bits per heavy atom. The molecule has 1 atom stereocenters. The zero-order valence-corrected chi connectivity index (χ0v) is 42.7. The Morgan fingerprint density at radius 1 is 0.323 bits per heavy atom. The smallest absolute Gasteiger partial charge is 0.306 e. The second kappa shape index (κ2) is 53.5. The SMILES string of the molecule is CC/C=C\C/C=C\C/C=C\C/C=C\C/C=C\CCCCCCCCCC(=O)OCC(COC(=O)CCCCCCCCC)OC(=O)CCCCCCCCC/C=C\CCCCCCCC. The molecule has 0 aromatic heterocycles. The van der Waals surface area contributed by atoms with Gasteiger partial charge in [0.2, 0.25) is 0 Å². The number of carbonyl (C=O) groups is 3. The standard InChI is InChI=1S/C59H102O6/c1-4-7-10-13-16-18-20-22-24-26-27-28-29-30-31-33-34-36-38-40-43-46-49-52-58(61)64-55-56(54-63-57(60)51-48-45-42-15-12-9-6-3)65-59(62)53-50-47-44-41-39-37-35-32-25-23-21-19-17-14-11-8-5-2/h7,10,16,18,22-25,27-28,30-31,56H,4-6,8-9,11-15,17,19-21,26,29,32-55H2,1-3H3/b10-7-,18-16-,24-22-,25-23-,28-27-,31-30-. The van der Waals surface area contributed by atoms with Crippen LogP contribution in [-0.2, 0) is 28.6 Å². The van der Waals surface area contributed by atoms with Crippen LogP contribution in [0.1, 0.15) is 265 Å². The fourth-order valence-electron chi connectivity index (χ4n) is 7.58. The van der Waals surface area contributed by atoms with Crippen LogP contribution in [0, 0.1) is 0 Å². The summed E-state index contributed by atoms with van der Waals surface area (Å²) in [7, 11) is 0. The van der Waals surface area contributed by atoms with Gasteiger partial charge in [-0.1, -0.05) is 229 Å². The van der Waals surface area contributed by atoms with Crippen LogP contribution in [-0.4, -0.2) is 37.2 Å². The zero-order chi connectivity index (χ0) is 47.2. The molecule has 0 aliphatic rings. The molecule has 6 heteroatoms. The van der Waals surface area contributed by atoms with Crippen LogP contribution in [0.4, 0.5) is 0 Å². The van der Waals surface area contributed by atoms with Gasteiger partial charge < -0.3 is 14.2 Å². The van der Waals surface area contributed by atoms with Crippen LogP contribution in [0.5, 0.6) is 0 Å². The highest BCUT2D eigenvalue weighted by Crippen LogP contribution is 2.15. The summed E-state index contributed by atoms with van der Waals surface area (Å²) in [5.74, 6) is -0.897. The van der Waals surface area contributed by atoms with Crippen molar-refractivity contribution in [3.63, 3.8) is 0 Å². The van der Waals surface area contributed by atoms with Gasteiger partial charge in [-0.15, -0.1) is 0 Å². The molecule has 0 aromatic rings. The number of allylic oxidation sites excluding steroid dienone is 12. The highest BCUT2D eigenvalue weighted by molar-refractivity contribution is 5.71. The number of esters is 3. The van der Waals surface area contributed by atoms with E-state index < -0.39 is 6.10 Å². The minimum atomic E-state index is -0.779. The highest BCUT2D eigenvalue weighted by atomic mass is 16.6. The molecule has 0 aromatic carbocycles. The number of ether oxygens (including phenoxy) is 3. The molecule has 0 rings (SSSR count). The maximum atomic E-state index is 12.8. The van der Waals surface area contributed by atoms with Gasteiger partial charge in [0.15, 0.2) is 6.10 Å². The Morgan fingerprint density at radius 3 is 0.954 bits per heavy atom. The van der Waals surface area contributed by atoms with Crippen molar-refractivity contribution in [1.82, 2.24) is 0 Å². The first kappa shape index (κ1) is 61.9. The first-order valence-corrected chi connectivity index (χ1v) is 27.4. The van der Waals surface area contributed by atoms with Crippen molar-refractivity contribution in [2.45, 2.75) is 271 Å². The van der Waals surface area contributed by atoms with Gasteiger partial charge in [0.1, 0.15) is 13.2 Å². The van der Waals surface area contributed by atoms with Gasteiger partial charge in [-0.05, 0) is 89.9 Å². The molecule has 0 saturated carbocycles. The summed E-state index contributed by atoms with van der Waals surface area (Å²) >= 11 is 0. The maximum Gasteiger partial charge on any atom is 0.306 e.